The summed E-state index contributed by atoms with van der Waals surface area (Å²) in [5.74, 6) is 0.369. The number of amidine groups is 1. The summed E-state index contributed by atoms with van der Waals surface area (Å²) in [4.78, 5) is 19.4. The van der Waals surface area contributed by atoms with Crippen molar-refractivity contribution in [3.8, 4) is 0 Å². The van der Waals surface area contributed by atoms with Gasteiger partial charge in [-0.05, 0) is 61.7 Å². The van der Waals surface area contributed by atoms with E-state index in [0.29, 0.717) is 21.6 Å². The Morgan fingerprint density at radius 1 is 0.935 bits per heavy atom. The number of amides is 1. The largest absolute Gasteiger partial charge is 0.276 e. The van der Waals surface area contributed by atoms with Crippen LogP contribution in [0.3, 0.4) is 0 Å². The highest BCUT2D eigenvalue weighted by Crippen LogP contribution is 2.39. The molecule has 7 heteroatoms. The molecular formula is C24H21Cl2N3OS. The summed E-state index contributed by atoms with van der Waals surface area (Å²) in [6, 6.07) is 19.4. The Morgan fingerprint density at radius 3 is 2.19 bits per heavy atom. The lowest BCUT2D eigenvalue weighted by Gasteiger charge is -2.19. The van der Waals surface area contributed by atoms with Crippen LogP contribution >= 0.6 is 35.0 Å². The number of aliphatic imine (C=N–C) groups is 1. The SMILES string of the molecule is Cc1cc(Cl)c(N2NC(=Nc3ccccc3C)C(Sc3ccccc3C)C2=O)c(Cl)c1. The Labute approximate surface area is 196 Å². The van der Waals surface area contributed by atoms with E-state index in [9.17, 15) is 4.79 Å². The number of nitrogens with one attached hydrogen (secondary N) is 1. The van der Waals surface area contributed by atoms with Crippen molar-refractivity contribution >= 4 is 58.1 Å². The van der Waals surface area contributed by atoms with Crippen LogP contribution in [-0.4, -0.2) is 17.0 Å². The molecule has 4 rings (SSSR count). The number of benzene rings is 3. The summed E-state index contributed by atoms with van der Waals surface area (Å²) in [6.07, 6.45) is 0. The number of thioether (sulfide) groups is 1. The normalized spacial score (nSPS) is 17.3. The number of carbonyl (C=O) groups is 1. The molecule has 0 saturated carbocycles. The molecule has 1 aliphatic rings. The highest BCUT2D eigenvalue weighted by Gasteiger charge is 2.41. The summed E-state index contributed by atoms with van der Waals surface area (Å²) in [7, 11) is 0. The second kappa shape index (κ2) is 8.95. The monoisotopic (exact) mass is 469 g/mol. The van der Waals surface area contributed by atoms with Crippen LogP contribution in [0.1, 0.15) is 16.7 Å². The second-order valence-corrected chi connectivity index (χ2v) is 9.37. The van der Waals surface area contributed by atoms with E-state index in [1.807, 2.05) is 69.3 Å². The molecule has 1 fully saturated rings. The van der Waals surface area contributed by atoms with Crippen molar-refractivity contribution in [2.75, 3.05) is 5.01 Å². The van der Waals surface area contributed by atoms with Crippen molar-refractivity contribution in [1.82, 2.24) is 5.43 Å². The molecule has 1 unspecified atom stereocenters. The van der Waals surface area contributed by atoms with Crippen LogP contribution in [0.2, 0.25) is 10.0 Å². The number of carbonyl (C=O) groups excluding carboxylic acids is 1. The molecule has 0 aliphatic carbocycles. The maximum Gasteiger partial charge on any atom is 0.267 e. The quantitative estimate of drug-likeness (QED) is 0.464. The van der Waals surface area contributed by atoms with Gasteiger partial charge in [-0.25, -0.2) is 10.0 Å². The van der Waals surface area contributed by atoms with Crippen molar-refractivity contribution in [2.24, 2.45) is 4.99 Å². The van der Waals surface area contributed by atoms with Gasteiger partial charge < -0.3 is 0 Å². The van der Waals surface area contributed by atoms with Crippen LogP contribution in [-0.2, 0) is 4.79 Å². The minimum Gasteiger partial charge on any atom is -0.276 e. The van der Waals surface area contributed by atoms with E-state index in [2.05, 4.69) is 5.43 Å². The van der Waals surface area contributed by atoms with Gasteiger partial charge in [-0.15, -0.1) is 11.8 Å². The lowest BCUT2D eigenvalue weighted by molar-refractivity contribution is -0.116. The lowest BCUT2D eigenvalue weighted by Crippen LogP contribution is -2.36. The van der Waals surface area contributed by atoms with Crippen molar-refractivity contribution in [1.29, 1.82) is 0 Å². The Morgan fingerprint density at radius 2 is 1.55 bits per heavy atom. The fourth-order valence-corrected chi connectivity index (χ4v) is 5.21. The van der Waals surface area contributed by atoms with E-state index in [0.717, 1.165) is 27.3 Å². The van der Waals surface area contributed by atoms with Crippen LogP contribution < -0.4 is 10.4 Å². The summed E-state index contributed by atoms with van der Waals surface area (Å²) in [5, 5.41) is 1.66. The first-order valence-electron chi connectivity index (χ1n) is 9.78. The summed E-state index contributed by atoms with van der Waals surface area (Å²) < 4.78 is 0. The van der Waals surface area contributed by atoms with Gasteiger partial charge in [0.25, 0.3) is 5.91 Å². The maximum atomic E-state index is 13.5. The number of halogens is 2. The van der Waals surface area contributed by atoms with E-state index < -0.39 is 5.25 Å². The number of anilines is 1. The third-order valence-electron chi connectivity index (χ3n) is 5.00. The van der Waals surface area contributed by atoms with Gasteiger partial charge in [0.05, 0.1) is 15.7 Å². The van der Waals surface area contributed by atoms with Crippen molar-refractivity contribution in [3.05, 3.63) is 87.4 Å². The molecular weight excluding hydrogens is 449 g/mol. The van der Waals surface area contributed by atoms with Gasteiger partial charge in [-0.1, -0.05) is 59.6 Å². The Bertz CT molecular complexity index is 1170. The van der Waals surface area contributed by atoms with Crippen LogP contribution in [0.15, 0.2) is 70.6 Å². The van der Waals surface area contributed by atoms with Crippen LogP contribution in [0.5, 0.6) is 0 Å². The molecule has 1 aliphatic heterocycles. The second-order valence-electron chi connectivity index (χ2n) is 7.41. The Kier molecular flexibility index (Phi) is 6.28. The maximum absolute atomic E-state index is 13.5. The molecule has 1 amide bonds. The van der Waals surface area contributed by atoms with Crippen molar-refractivity contribution in [2.45, 2.75) is 30.9 Å². The summed E-state index contributed by atoms with van der Waals surface area (Å²) >= 11 is 14.4. The molecule has 0 spiro atoms. The number of hydrogen-bond donors (Lipinski definition) is 1. The zero-order valence-corrected chi connectivity index (χ0v) is 19.6. The molecule has 31 heavy (non-hydrogen) atoms. The fraction of sp³-hybridized carbons (Fsp3) is 0.167. The molecule has 3 aromatic rings. The number of para-hydroxylation sites is 1. The predicted molar refractivity (Wildman–Crippen MR) is 131 cm³/mol. The zero-order valence-electron chi connectivity index (χ0n) is 17.3. The summed E-state index contributed by atoms with van der Waals surface area (Å²) in [5.41, 5.74) is 7.45. The van der Waals surface area contributed by atoms with Gasteiger partial charge in [-0.2, -0.15) is 0 Å². The number of nitrogens with zero attached hydrogens (tertiary/aromatic N) is 2. The van der Waals surface area contributed by atoms with Gasteiger partial charge in [0.2, 0.25) is 0 Å². The van der Waals surface area contributed by atoms with Gasteiger partial charge >= 0.3 is 0 Å². The smallest absolute Gasteiger partial charge is 0.267 e. The van der Waals surface area contributed by atoms with Crippen molar-refractivity contribution < 1.29 is 4.79 Å². The van der Waals surface area contributed by atoms with Crippen molar-refractivity contribution in [3.63, 3.8) is 0 Å². The molecule has 0 bridgehead atoms. The van der Waals surface area contributed by atoms with Gasteiger partial charge in [-0.3, -0.25) is 10.2 Å². The van der Waals surface area contributed by atoms with Gasteiger partial charge in [0, 0.05) is 4.90 Å². The molecule has 3 aromatic carbocycles. The first-order chi connectivity index (χ1) is 14.8. The minimum atomic E-state index is -0.561. The first-order valence-corrected chi connectivity index (χ1v) is 11.4. The van der Waals surface area contributed by atoms with Gasteiger partial charge in [0.1, 0.15) is 16.8 Å². The van der Waals surface area contributed by atoms with Gasteiger partial charge in [0.15, 0.2) is 0 Å². The topological polar surface area (TPSA) is 44.7 Å². The molecule has 1 atom stereocenters. The molecule has 1 N–H and O–H groups in total. The Hall–Kier alpha value is -2.47. The van der Waals surface area contributed by atoms with Crippen LogP contribution in [0.4, 0.5) is 11.4 Å². The fourth-order valence-electron chi connectivity index (χ4n) is 3.36. The number of rotatable bonds is 4. The molecule has 158 valence electrons. The standard InChI is InChI=1S/C24H21Cl2N3OS/c1-14-12-17(25)21(18(26)13-14)29-24(30)22(31-20-11-7-5-9-16(20)3)23(28-29)27-19-10-6-4-8-15(19)2/h4-13,22H,1-3H3,(H,27,28). The average molecular weight is 470 g/mol. The average Bonchev–Trinajstić information content (AvgIpc) is 3.00. The molecule has 1 saturated heterocycles. The third kappa shape index (κ3) is 4.45. The van der Waals surface area contributed by atoms with E-state index in [4.69, 9.17) is 28.2 Å². The van der Waals surface area contributed by atoms with E-state index in [1.165, 1.54) is 16.8 Å². The Balaban J connectivity index is 1.79. The number of hydrazine groups is 1. The zero-order chi connectivity index (χ0) is 22.1. The molecule has 0 radical (unpaired) electrons. The highest BCUT2D eigenvalue weighted by molar-refractivity contribution is 8.01. The highest BCUT2D eigenvalue weighted by atomic mass is 35.5. The first kappa shape index (κ1) is 21.8. The summed E-state index contributed by atoms with van der Waals surface area (Å²) in [6.45, 7) is 5.92. The number of hydrogen-bond acceptors (Lipinski definition) is 3. The molecule has 1 heterocycles. The van der Waals surface area contributed by atoms with Crippen LogP contribution in [0.25, 0.3) is 0 Å². The predicted octanol–water partition coefficient (Wildman–Crippen LogP) is 6.66. The van der Waals surface area contributed by atoms with Crippen LogP contribution in [0, 0.1) is 20.8 Å². The minimum absolute atomic E-state index is 0.173. The van der Waals surface area contributed by atoms with E-state index >= 15 is 0 Å². The lowest BCUT2D eigenvalue weighted by atomic mass is 10.2. The molecule has 4 nitrogen and oxygen atoms in total. The number of aryl methyl sites for hydroxylation is 3. The third-order valence-corrected chi connectivity index (χ3v) is 6.95. The molecule has 0 aromatic heterocycles. The van der Waals surface area contributed by atoms with E-state index in [1.54, 1.807) is 12.1 Å². The van der Waals surface area contributed by atoms with E-state index in [-0.39, 0.29) is 5.91 Å².